The van der Waals surface area contributed by atoms with Crippen LogP contribution in [0.15, 0.2) is 18.3 Å². The minimum Gasteiger partial charge on any atom is -0.479 e. The molecule has 1 aromatic rings. The molecule has 0 aliphatic rings. The number of halogens is 3. The Kier molecular flexibility index (Phi) is 5.14. The predicted molar refractivity (Wildman–Crippen MR) is 60.6 cm³/mol. The van der Waals surface area contributed by atoms with Crippen molar-refractivity contribution in [2.75, 3.05) is 6.61 Å². The molecule has 1 heterocycles. The van der Waals surface area contributed by atoms with Gasteiger partial charge < -0.3 is 9.47 Å². The lowest BCUT2D eigenvalue weighted by atomic mass is 10.2. The highest BCUT2D eigenvalue weighted by atomic mass is 19.4. The van der Waals surface area contributed by atoms with E-state index >= 15 is 0 Å². The van der Waals surface area contributed by atoms with Crippen LogP contribution in [0.2, 0.25) is 0 Å². The highest BCUT2D eigenvalue weighted by molar-refractivity contribution is 5.75. The molecule has 19 heavy (non-hydrogen) atoms. The molecule has 0 aliphatic heterocycles. The summed E-state index contributed by atoms with van der Waals surface area (Å²) >= 11 is 0. The van der Waals surface area contributed by atoms with Gasteiger partial charge in [-0.2, -0.15) is 13.2 Å². The molecular weight excluding hydrogens is 263 g/mol. The Hall–Kier alpha value is -1.79. The second-order valence-corrected chi connectivity index (χ2v) is 3.64. The predicted octanol–water partition coefficient (Wildman–Crippen LogP) is 2.82. The number of aromatic nitrogens is 1. The number of rotatable bonds is 5. The van der Waals surface area contributed by atoms with Crippen LogP contribution in [0.5, 0.6) is 5.75 Å². The van der Waals surface area contributed by atoms with Crippen LogP contribution >= 0.6 is 0 Å². The number of esters is 1. The smallest absolute Gasteiger partial charge is 0.433 e. The minimum absolute atomic E-state index is 0.0674. The maximum atomic E-state index is 12.5. The van der Waals surface area contributed by atoms with Crippen LogP contribution in [0, 0.1) is 0 Å². The molecule has 0 N–H and O–H groups in total. The van der Waals surface area contributed by atoms with Crippen LogP contribution in [0.25, 0.3) is 0 Å². The first-order chi connectivity index (χ1) is 8.88. The van der Waals surface area contributed by atoms with Crippen LogP contribution in [0.3, 0.4) is 0 Å². The largest absolute Gasteiger partial charge is 0.479 e. The van der Waals surface area contributed by atoms with E-state index in [9.17, 15) is 18.0 Å². The standard InChI is InChI=1S/C12H14F3NO3/c1-3-9(11(17)18-4-2)19-8-5-6-16-10(7-8)12(13,14)15/h5-7,9H,3-4H2,1-2H3. The van der Waals surface area contributed by atoms with Gasteiger partial charge in [0.05, 0.1) is 6.61 Å². The van der Waals surface area contributed by atoms with Crippen molar-refractivity contribution in [2.24, 2.45) is 0 Å². The van der Waals surface area contributed by atoms with Gasteiger partial charge in [-0.05, 0) is 19.4 Å². The van der Waals surface area contributed by atoms with Crippen LogP contribution in [-0.2, 0) is 15.7 Å². The number of pyridine rings is 1. The Morgan fingerprint density at radius 3 is 2.63 bits per heavy atom. The van der Waals surface area contributed by atoms with Gasteiger partial charge in [0.2, 0.25) is 0 Å². The molecule has 1 aromatic heterocycles. The Morgan fingerprint density at radius 1 is 1.42 bits per heavy atom. The second kappa shape index (κ2) is 6.40. The summed E-state index contributed by atoms with van der Waals surface area (Å²) in [6.07, 6.45) is -4.20. The quantitative estimate of drug-likeness (QED) is 0.776. The molecule has 0 amide bonds. The summed E-state index contributed by atoms with van der Waals surface area (Å²) in [6, 6.07) is 2.01. The van der Waals surface area contributed by atoms with E-state index in [-0.39, 0.29) is 12.4 Å². The first kappa shape index (κ1) is 15.3. The first-order valence-corrected chi connectivity index (χ1v) is 5.75. The van der Waals surface area contributed by atoms with Gasteiger partial charge in [0.25, 0.3) is 0 Å². The average Bonchev–Trinajstić information content (AvgIpc) is 2.35. The van der Waals surface area contributed by atoms with Crippen molar-refractivity contribution in [1.29, 1.82) is 0 Å². The van der Waals surface area contributed by atoms with Crippen molar-refractivity contribution in [3.05, 3.63) is 24.0 Å². The van der Waals surface area contributed by atoms with Crippen LogP contribution in [0.4, 0.5) is 13.2 Å². The molecule has 106 valence electrons. The van der Waals surface area contributed by atoms with Crippen molar-refractivity contribution in [1.82, 2.24) is 4.98 Å². The number of ether oxygens (including phenoxy) is 2. The molecule has 0 saturated heterocycles. The Bertz CT molecular complexity index is 434. The lowest BCUT2D eigenvalue weighted by molar-refractivity contribution is -0.151. The van der Waals surface area contributed by atoms with Gasteiger partial charge in [0.15, 0.2) is 6.10 Å². The maximum absolute atomic E-state index is 12.5. The second-order valence-electron chi connectivity index (χ2n) is 3.64. The summed E-state index contributed by atoms with van der Waals surface area (Å²) in [5.41, 5.74) is -1.07. The molecule has 0 saturated carbocycles. The minimum atomic E-state index is -4.55. The molecule has 0 aromatic carbocycles. The van der Waals surface area contributed by atoms with Crippen LogP contribution in [0.1, 0.15) is 26.0 Å². The van der Waals surface area contributed by atoms with Crippen molar-refractivity contribution in [2.45, 2.75) is 32.5 Å². The Balaban J connectivity index is 2.83. The molecule has 0 aliphatic carbocycles. The van der Waals surface area contributed by atoms with E-state index < -0.39 is 23.9 Å². The SMILES string of the molecule is CCOC(=O)C(CC)Oc1ccnc(C(F)(F)F)c1. The zero-order chi connectivity index (χ0) is 14.5. The zero-order valence-electron chi connectivity index (χ0n) is 10.5. The topological polar surface area (TPSA) is 48.4 Å². The number of carbonyl (C=O) groups excluding carboxylic acids is 1. The molecule has 0 spiro atoms. The Morgan fingerprint density at radius 2 is 2.11 bits per heavy atom. The van der Waals surface area contributed by atoms with E-state index in [1.165, 1.54) is 6.07 Å². The first-order valence-electron chi connectivity index (χ1n) is 5.75. The molecular formula is C12H14F3NO3. The molecule has 1 rings (SSSR count). The fourth-order valence-electron chi connectivity index (χ4n) is 1.34. The van der Waals surface area contributed by atoms with Crippen molar-refractivity contribution >= 4 is 5.97 Å². The molecule has 4 nitrogen and oxygen atoms in total. The van der Waals surface area contributed by atoms with Crippen molar-refractivity contribution in [3.63, 3.8) is 0 Å². The third kappa shape index (κ3) is 4.42. The molecule has 1 atom stereocenters. The van der Waals surface area contributed by atoms with Crippen molar-refractivity contribution in [3.8, 4) is 5.75 Å². The zero-order valence-corrected chi connectivity index (χ0v) is 10.5. The normalized spacial score (nSPS) is 12.9. The summed E-state index contributed by atoms with van der Waals surface area (Å²) in [5.74, 6) is -0.669. The van der Waals surface area contributed by atoms with Gasteiger partial charge in [-0.25, -0.2) is 4.79 Å². The molecule has 0 bridgehead atoms. The number of carbonyl (C=O) groups is 1. The van der Waals surface area contributed by atoms with Gasteiger partial charge in [0, 0.05) is 12.3 Å². The fraction of sp³-hybridized carbons (Fsp3) is 0.500. The molecule has 0 fully saturated rings. The highest BCUT2D eigenvalue weighted by Gasteiger charge is 2.33. The summed E-state index contributed by atoms with van der Waals surface area (Å²) in [4.78, 5) is 14.7. The van der Waals surface area contributed by atoms with E-state index in [4.69, 9.17) is 9.47 Å². The highest BCUT2D eigenvalue weighted by Crippen LogP contribution is 2.29. The van der Waals surface area contributed by atoms with E-state index in [0.29, 0.717) is 6.42 Å². The van der Waals surface area contributed by atoms with E-state index in [2.05, 4.69) is 4.98 Å². The van der Waals surface area contributed by atoms with Crippen LogP contribution < -0.4 is 4.74 Å². The molecule has 1 unspecified atom stereocenters. The van der Waals surface area contributed by atoms with E-state index in [1.54, 1.807) is 13.8 Å². The van der Waals surface area contributed by atoms with Gasteiger partial charge in [-0.1, -0.05) is 6.92 Å². The van der Waals surface area contributed by atoms with E-state index in [1.807, 2.05) is 0 Å². The van der Waals surface area contributed by atoms with Crippen molar-refractivity contribution < 1.29 is 27.4 Å². The lowest BCUT2D eigenvalue weighted by Crippen LogP contribution is -2.28. The van der Waals surface area contributed by atoms with E-state index in [0.717, 1.165) is 12.3 Å². The number of nitrogens with zero attached hydrogens (tertiary/aromatic N) is 1. The number of hydrogen-bond donors (Lipinski definition) is 0. The van der Waals surface area contributed by atoms with Gasteiger partial charge in [0.1, 0.15) is 11.4 Å². The summed E-state index contributed by atoms with van der Waals surface area (Å²) in [6.45, 7) is 3.50. The fourth-order valence-corrected chi connectivity index (χ4v) is 1.34. The van der Waals surface area contributed by atoms with Gasteiger partial charge in [-0.3, -0.25) is 4.98 Å². The third-order valence-corrected chi connectivity index (χ3v) is 2.22. The van der Waals surface area contributed by atoms with Crippen LogP contribution in [-0.4, -0.2) is 23.7 Å². The average molecular weight is 277 g/mol. The summed E-state index contributed by atoms with van der Waals surface area (Å²) in [7, 11) is 0. The lowest BCUT2D eigenvalue weighted by Gasteiger charge is -2.16. The number of hydrogen-bond acceptors (Lipinski definition) is 4. The number of alkyl halides is 3. The van der Waals surface area contributed by atoms with Gasteiger partial charge >= 0.3 is 12.1 Å². The molecule has 7 heteroatoms. The monoisotopic (exact) mass is 277 g/mol. The summed E-state index contributed by atoms with van der Waals surface area (Å²) in [5, 5.41) is 0. The molecule has 0 radical (unpaired) electrons. The Labute approximate surface area is 108 Å². The maximum Gasteiger partial charge on any atom is 0.433 e. The summed E-state index contributed by atoms with van der Waals surface area (Å²) < 4.78 is 47.3. The van der Waals surface area contributed by atoms with Gasteiger partial charge in [-0.15, -0.1) is 0 Å². The third-order valence-electron chi connectivity index (χ3n) is 2.22.